The quantitative estimate of drug-likeness (QED) is 0.400. The van der Waals surface area contributed by atoms with E-state index in [0.29, 0.717) is 63.1 Å². The molecule has 0 radical (unpaired) electrons. The van der Waals surface area contributed by atoms with Crippen molar-refractivity contribution in [3.63, 3.8) is 0 Å². The molecule has 212 valence electrons. The number of benzene rings is 2. The van der Waals surface area contributed by atoms with Crippen molar-refractivity contribution in [1.29, 1.82) is 0 Å². The maximum Gasteiger partial charge on any atom is 0.215 e. The molecule has 0 amide bonds. The molecule has 39 heavy (non-hydrogen) atoms. The number of ketones is 1. The lowest BCUT2D eigenvalue weighted by Gasteiger charge is -2.40. The van der Waals surface area contributed by atoms with Gasteiger partial charge in [0.1, 0.15) is 11.5 Å². The predicted octanol–water partition coefficient (Wildman–Crippen LogP) is 4.95. The molecule has 2 aliphatic carbocycles. The van der Waals surface area contributed by atoms with Gasteiger partial charge in [-0.1, -0.05) is 49.7 Å². The molecule has 9 heteroatoms. The van der Waals surface area contributed by atoms with E-state index in [2.05, 4.69) is 18.7 Å². The number of fused-ring (bicyclic) bond motifs is 2. The summed E-state index contributed by atoms with van der Waals surface area (Å²) in [5.41, 5.74) is 1.04. The highest BCUT2D eigenvalue weighted by molar-refractivity contribution is 7.89. The molecule has 2 bridgehead atoms. The highest BCUT2D eigenvalue weighted by Crippen LogP contribution is 2.64. The molecule has 2 aromatic rings. The number of halogens is 1. The molecule has 1 aliphatic heterocycles. The molecule has 2 aromatic carbocycles. The van der Waals surface area contributed by atoms with Gasteiger partial charge in [0.2, 0.25) is 10.0 Å². The molecule has 0 aromatic heterocycles. The SMILES string of the molecule is COc1cccc(CO[C@H](CN2CCN(S(=O)(=O)C[C@@]34CC[C@@H](CC3=O)C4(C)C)CC2)c2ccc(Cl)cc2)c1. The number of ether oxygens (including phenoxy) is 2. The van der Waals surface area contributed by atoms with Gasteiger partial charge in [0.25, 0.3) is 0 Å². The first kappa shape index (κ1) is 28.6. The Kier molecular flexibility index (Phi) is 8.15. The zero-order valence-electron chi connectivity index (χ0n) is 23.1. The Hall–Kier alpha value is -1.97. The monoisotopic (exact) mass is 574 g/mol. The fourth-order valence-electron chi connectivity index (χ4n) is 6.83. The van der Waals surface area contributed by atoms with Gasteiger partial charge >= 0.3 is 0 Å². The van der Waals surface area contributed by atoms with Crippen molar-refractivity contribution in [1.82, 2.24) is 9.21 Å². The smallest absolute Gasteiger partial charge is 0.215 e. The standard InChI is InChI=1S/C30H39ClN2O5S/c1-29(2)24-11-12-30(29,28(34)18-24)21-39(35,36)33-15-13-32(14-16-33)19-27(23-7-9-25(31)10-8-23)38-20-22-5-4-6-26(17-22)37-3/h4-10,17,24,27H,11-16,18-21H2,1-3H3/t24-,27+,30-/m0/s1. The Morgan fingerprint density at radius 1 is 1.08 bits per heavy atom. The van der Waals surface area contributed by atoms with Crippen LogP contribution >= 0.6 is 11.6 Å². The second-order valence-corrected chi connectivity index (χ2v) is 14.2. The molecular formula is C30H39ClN2O5S. The van der Waals surface area contributed by atoms with Gasteiger partial charge in [-0.05, 0) is 59.6 Å². The second kappa shape index (κ2) is 11.1. The molecule has 5 rings (SSSR count). The van der Waals surface area contributed by atoms with Crippen molar-refractivity contribution < 1.29 is 22.7 Å². The molecule has 3 atom stereocenters. The number of carbonyl (C=O) groups is 1. The van der Waals surface area contributed by atoms with Crippen molar-refractivity contribution in [2.75, 3.05) is 45.6 Å². The number of nitrogens with zero attached hydrogens (tertiary/aromatic N) is 2. The number of sulfonamides is 1. The normalized spacial score (nSPS) is 26.2. The van der Waals surface area contributed by atoms with E-state index >= 15 is 0 Å². The van der Waals surface area contributed by atoms with Crippen LogP contribution in [0.25, 0.3) is 0 Å². The lowest BCUT2D eigenvalue weighted by atomic mass is 9.70. The number of rotatable bonds is 10. The summed E-state index contributed by atoms with van der Waals surface area (Å²) >= 11 is 6.14. The molecule has 0 N–H and O–H groups in total. The number of piperazine rings is 1. The largest absolute Gasteiger partial charge is 0.497 e. The fraction of sp³-hybridized carbons (Fsp3) is 0.567. The van der Waals surface area contributed by atoms with Gasteiger partial charge in [0.15, 0.2) is 0 Å². The van der Waals surface area contributed by atoms with Crippen molar-refractivity contribution >= 4 is 27.4 Å². The molecule has 0 spiro atoms. The van der Waals surface area contributed by atoms with Crippen molar-refractivity contribution in [3.05, 3.63) is 64.7 Å². The number of hydrogen-bond donors (Lipinski definition) is 0. The summed E-state index contributed by atoms with van der Waals surface area (Å²) < 4.78 is 40.5. The molecular weight excluding hydrogens is 536 g/mol. The number of Topliss-reactive ketones (excluding diaryl/α,β-unsaturated/α-hetero) is 1. The van der Waals surface area contributed by atoms with Crippen molar-refractivity contribution in [3.8, 4) is 5.75 Å². The minimum atomic E-state index is -3.55. The molecule has 3 aliphatic rings. The van der Waals surface area contributed by atoms with Crippen molar-refractivity contribution in [2.45, 2.75) is 45.8 Å². The van der Waals surface area contributed by atoms with E-state index in [-0.39, 0.29) is 23.1 Å². The Bertz CT molecular complexity index is 1290. The summed E-state index contributed by atoms with van der Waals surface area (Å²) in [7, 11) is -1.90. The zero-order valence-corrected chi connectivity index (χ0v) is 24.6. The number of hydrogen-bond acceptors (Lipinski definition) is 6. The van der Waals surface area contributed by atoms with Gasteiger partial charge in [-0.15, -0.1) is 0 Å². The van der Waals surface area contributed by atoms with E-state index in [9.17, 15) is 13.2 Å². The van der Waals surface area contributed by atoms with Crippen LogP contribution in [0, 0.1) is 16.7 Å². The lowest BCUT2D eigenvalue weighted by Crippen LogP contribution is -2.53. The van der Waals surface area contributed by atoms with Gasteiger partial charge in [-0.3, -0.25) is 9.69 Å². The van der Waals surface area contributed by atoms with Crippen LogP contribution < -0.4 is 4.74 Å². The van der Waals surface area contributed by atoms with Crippen LogP contribution in [0.1, 0.15) is 50.3 Å². The van der Waals surface area contributed by atoms with Gasteiger partial charge in [-0.25, -0.2) is 8.42 Å². The summed E-state index contributed by atoms with van der Waals surface area (Å²) in [5, 5.41) is 0.668. The predicted molar refractivity (Wildman–Crippen MR) is 152 cm³/mol. The fourth-order valence-corrected chi connectivity index (χ4v) is 9.15. The summed E-state index contributed by atoms with van der Waals surface area (Å²) in [6, 6.07) is 15.5. The van der Waals surface area contributed by atoms with Crippen molar-refractivity contribution in [2.24, 2.45) is 16.7 Å². The highest BCUT2D eigenvalue weighted by atomic mass is 35.5. The Morgan fingerprint density at radius 3 is 2.41 bits per heavy atom. The number of methoxy groups -OCH3 is 1. The van der Waals surface area contributed by atoms with E-state index in [1.807, 2.05) is 48.5 Å². The highest BCUT2D eigenvalue weighted by Gasteiger charge is 2.65. The number of carbonyl (C=O) groups excluding carboxylic acids is 1. The van der Waals surface area contributed by atoms with E-state index in [1.165, 1.54) is 0 Å². The molecule has 3 fully saturated rings. The van der Waals surface area contributed by atoms with Crippen LogP contribution in [0.2, 0.25) is 5.02 Å². The first-order chi connectivity index (χ1) is 18.5. The van der Waals surface area contributed by atoms with Gasteiger partial charge < -0.3 is 9.47 Å². The van der Waals surface area contributed by atoms with Crippen LogP contribution in [-0.4, -0.2) is 69.0 Å². The minimum absolute atomic E-state index is 0.0562. The third kappa shape index (κ3) is 5.64. The summed E-state index contributed by atoms with van der Waals surface area (Å²) in [6.45, 7) is 7.29. The third-order valence-electron chi connectivity index (χ3n) is 9.54. The first-order valence-corrected chi connectivity index (χ1v) is 15.8. The average molecular weight is 575 g/mol. The third-order valence-corrected chi connectivity index (χ3v) is 11.8. The van der Waals surface area contributed by atoms with E-state index in [0.717, 1.165) is 23.3 Å². The first-order valence-electron chi connectivity index (χ1n) is 13.8. The summed E-state index contributed by atoms with van der Waals surface area (Å²) in [6.07, 6.45) is 1.96. The van der Waals surface area contributed by atoms with Gasteiger partial charge in [0, 0.05) is 49.6 Å². The molecule has 1 saturated heterocycles. The Morgan fingerprint density at radius 2 is 1.79 bits per heavy atom. The Balaban J connectivity index is 1.23. The van der Waals surface area contributed by atoms with Gasteiger partial charge in [-0.2, -0.15) is 4.31 Å². The molecule has 0 unspecified atom stereocenters. The van der Waals surface area contributed by atoms with E-state index in [4.69, 9.17) is 21.1 Å². The summed E-state index contributed by atoms with van der Waals surface area (Å²) in [4.78, 5) is 15.2. The molecule has 2 saturated carbocycles. The molecule has 7 nitrogen and oxygen atoms in total. The molecule has 1 heterocycles. The minimum Gasteiger partial charge on any atom is -0.497 e. The van der Waals surface area contributed by atoms with Crippen LogP contribution in [0.15, 0.2) is 48.5 Å². The van der Waals surface area contributed by atoms with Gasteiger partial charge in [0.05, 0.1) is 25.6 Å². The lowest BCUT2D eigenvalue weighted by molar-refractivity contribution is -0.128. The summed E-state index contributed by atoms with van der Waals surface area (Å²) in [5.74, 6) is 1.18. The average Bonchev–Trinajstić information content (AvgIpc) is 3.26. The maximum atomic E-state index is 13.6. The van der Waals surface area contributed by atoms with Crippen LogP contribution in [-0.2, 0) is 26.2 Å². The second-order valence-electron chi connectivity index (χ2n) is 11.8. The van der Waals surface area contributed by atoms with Crippen LogP contribution in [0.3, 0.4) is 0 Å². The topological polar surface area (TPSA) is 76.2 Å². The van der Waals surface area contributed by atoms with Crippen LogP contribution in [0.5, 0.6) is 5.75 Å². The zero-order chi connectivity index (χ0) is 27.8. The Labute approximate surface area is 237 Å². The van der Waals surface area contributed by atoms with E-state index < -0.39 is 15.4 Å². The van der Waals surface area contributed by atoms with Crippen LogP contribution in [0.4, 0.5) is 0 Å². The maximum absolute atomic E-state index is 13.6. The van der Waals surface area contributed by atoms with E-state index in [1.54, 1.807) is 11.4 Å².